The summed E-state index contributed by atoms with van der Waals surface area (Å²) in [5, 5.41) is 12.9. The Morgan fingerprint density at radius 2 is 2.04 bits per heavy atom. The quantitative estimate of drug-likeness (QED) is 0.787. The smallest absolute Gasteiger partial charge is 0.306 e. The molecule has 6 nitrogen and oxygen atoms in total. The molecule has 2 N–H and O–H groups in total. The molecule has 0 unspecified atom stereocenters. The third kappa shape index (κ3) is 4.66. The number of aromatic nitrogens is 1. The van der Waals surface area contributed by atoms with Crippen LogP contribution in [-0.2, 0) is 4.79 Å². The maximum absolute atomic E-state index is 12.6. The first-order valence-corrected chi connectivity index (χ1v) is 9.92. The number of carboxylic acids is 1. The minimum atomic E-state index is -0.706. The molecule has 0 spiro atoms. The lowest BCUT2D eigenvalue weighted by molar-refractivity contribution is -0.143. The van der Waals surface area contributed by atoms with E-state index in [2.05, 4.69) is 10.3 Å². The number of carbonyl (C=O) groups is 2. The van der Waals surface area contributed by atoms with Gasteiger partial charge in [-0.3, -0.25) is 9.59 Å². The second kappa shape index (κ2) is 8.52. The van der Waals surface area contributed by atoms with Crippen LogP contribution in [0.3, 0.4) is 0 Å². The first kappa shape index (κ1) is 19.4. The molecule has 0 atom stereocenters. The number of carbonyl (C=O) groups excluding carboxylic acids is 1. The Balaban J connectivity index is 1.61. The van der Waals surface area contributed by atoms with E-state index in [4.69, 9.17) is 9.84 Å². The average Bonchev–Trinajstić information content (AvgIpc) is 3.08. The van der Waals surface area contributed by atoms with Gasteiger partial charge < -0.3 is 15.2 Å². The number of carboxylic acid groups (broad SMARTS) is 1. The number of rotatable bonds is 6. The van der Waals surface area contributed by atoms with Crippen molar-refractivity contribution in [1.82, 2.24) is 10.3 Å². The topological polar surface area (TPSA) is 88.5 Å². The Morgan fingerprint density at radius 1 is 1.30 bits per heavy atom. The molecular formula is C20H24N2O4S. The molecule has 1 aliphatic carbocycles. The normalized spacial score (nSPS) is 19.5. The van der Waals surface area contributed by atoms with Gasteiger partial charge in [0.25, 0.3) is 5.91 Å². The van der Waals surface area contributed by atoms with Gasteiger partial charge in [0.2, 0.25) is 0 Å². The zero-order valence-corrected chi connectivity index (χ0v) is 16.3. The summed E-state index contributed by atoms with van der Waals surface area (Å²) in [5.74, 6) is 0.0485. The Kier molecular flexibility index (Phi) is 6.11. The molecule has 0 bridgehead atoms. The van der Waals surface area contributed by atoms with Crippen LogP contribution in [0.2, 0.25) is 0 Å². The lowest BCUT2D eigenvalue weighted by atomic mass is 9.82. The fourth-order valence-electron chi connectivity index (χ4n) is 3.42. The van der Waals surface area contributed by atoms with Crippen LogP contribution in [0.4, 0.5) is 0 Å². The average molecular weight is 388 g/mol. The molecule has 0 saturated heterocycles. The SMILES string of the molecule is COc1cccc(-c2nc(C)c(C(=O)NCC3CCC(C(=O)O)CC3)s2)c1. The summed E-state index contributed by atoms with van der Waals surface area (Å²) in [5.41, 5.74) is 1.64. The van der Waals surface area contributed by atoms with Crippen molar-refractivity contribution in [2.75, 3.05) is 13.7 Å². The van der Waals surface area contributed by atoms with Gasteiger partial charge in [0.05, 0.1) is 18.7 Å². The number of hydrogen-bond acceptors (Lipinski definition) is 5. The van der Waals surface area contributed by atoms with Crippen LogP contribution in [0, 0.1) is 18.8 Å². The molecule has 1 amide bonds. The number of nitrogens with zero attached hydrogens (tertiary/aromatic N) is 1. The number of aryl methyl sites for hydroxylation is 1. The summed E-state index contributed by atoms with van der Waals surface area (Å²) in [6, 6.07) is 7.62. The summed E-state index contributed by atoms with van der Waals surface area (Å²) in [6.45, 7) is 2.42. The molecule has 0 aliphatic heterocycles. The molecular weight excluding hydrogens is 364 g/mol. The lowest BCUT2D eigenvalue weighted by Crippen LogP contribution is -2.32. The fraction of sp³-hybridized carbons (Fsp3) is 0.450. The minimum Gasteiger partial charge on any atom is -0.497 e. The third-order valence-electron chi connectivity index (χ3n) is 5.07. The van der Waals surface area contributed by atoms with Crippen LogP contribution in [0.15, 0.2) is 24.3 Å². The number of nitrogens with one attached hydrogen (secondary N) is 1. The van der Waals surface area contributed by atoms with Gasteiger partial charge in [-0.2, -0.15) is 0 Å². The highest BCUT2D eigenvalue weighted by Crippen LogP contribution is 2.31. The van der Waals surface area contributed by atoms with E-state index in [0.29, 0.717) is 35.9 Å². The van der Waals surface area contributed by atoms with Crippen LogP contribution < -0.4 is 10.1 Å². The van der Waals surface area contributed by atoms with E-state index in [9.17, 15) is 9.59 Å². The van der Waals surface area contributed by atoms with Gasteiger partial charge in [0, 0.05) is 12.1 Å². The second-order valence-electron chi connectivity index (χ2n) is 6.93. The van der Waals surface area contributed by atoms with Crippen LogP contribution in [0.25, 0.3) is 10.6 Å². The Morgan fingerprint density at radius 3 is 2.70 bits per heavy atom. The van der Waals surface area contributed by atoms with Crippen LogP contribution >= 0.6 is 11.3 Å². The Bertz CT molecular complexity index is 825. The second-order valence-corrected chi connectivity index (χ2v) is 7.93. The van der Waals surface area contributed by atoms with Gasteiger partial charge in [0.15, 0.2) is 0 Å². The zero-order valence-electron chi connectivity index (χ0n) is 15.5. The van der Waals surface area contributed by atoms with Crippen LogP contribution in [0.5, 0.6) is 5.75 Å². The standard InChI is InChI=1S/C20H24N2O4S/c1-12-17(27-19(22-12)15-4-3-5-16(10-15)26-2)18(23)21-11-13-6-8-14(9-7-13)20(24)25/h3-5,10,13-14H,6-9,11H2,1-2H3,(H,21,23)(H,24,25). The van der Waals surface area contributed by atoms with E-state index < -0.39 is 5.97 Å². The maximum atomic E-state index is 12.6. The highest BCUT2D eigenvalue weighted by Gasteiger charge is 2.26. The Hall–Kier alpha value is -2.41. The minimum absolute atomic E-state index is 0.112. The predicted octanol–water partition coefficient (Wildman–Crippen LogP) is 3.75. The number of benzene rings is 1. The molecule has 1 saturated carbocycles. The van der Waals surface area contributed by atoms with Crippen molar-refractivity contribution >= 4 is 23.2 Å². The molecule has 1 aromatic carbocycles. The summed E-state index contributed by atoms with van der Waals surface area (Å²) < 4.78 is 5.25. The van der Waals surface area contributed by atoms with Gasteiger partial charge in [-0.25, -0.2) is 4.98 Å². The molecule has 1 fully saturated rings. The van der Waals surface area contributed by atoms with Gasteiger partial charge in [-0.1, -0.05) is 12.1 Å². The van der Waals surface area contributed by atoms with E-state index in [1.807, 2.05) is 31.2 Å². The van der Waals surface area contributed by atoms with Crippen molar-refractivity contribution in [2.24, 2.45) is 11.8 Å². The number of amides is 1. The molecule has 144 valence electrons. The highest BCUT2D eigenvalue weighted by molar-refractivity contribution is 7.17. The van der Waals surface area contributed by atoms with Gasteiger partial charge >= 0.3 is 5.97 Å². The van der Waals surface area contributed by atoms with Gasteiger partial charge in [-0.15, -0.1) is 11.3 Å². The molecule has 1 aliphatic rings. The monoisotopic (exact) mass is 388 g/mol. The number of aliphatic carboxylic acids is 1. The molecule has 0 radical (unpaired) electrons. The van der Waals surface area contributed by atoms with E-state index in [1.165, 1.54) is 11.3 Å². The summed E-state index contributed by atoms with van der Waals surface area (Å²) in [4.78, 5) is 28.8. The number of methoxy groups -OCH3 is 1. The summed E-state index contributed by atoms with van der Waals surface area (Å²) in [7, 11) is 1.62. The third-order valence-corrected chi connectivity index (χ3v) is 6.27. The first-order chi connectivity index (χ1) is 13.0. The van der Waals surface area contributed by atoms with Crippen molar-refractivity contribution in [2.45, 2.75) is 32.6 Å². The van der Waals surface area contributed by atoms with E-state index in [1.54, 1.807) is 7.11 Å². The Labute approximate surface area is 162 Å². The highest BCUT2D eigenvalue weighted by atomic mass is 32.1. The summed E-state index contributed by atoms with van der Waals surface area (Å²) in [6.07, 6.45) is 3.06. The van der Waals surface area contributed by atoms with Crippen LogP contribution in [0.1, 0.15) is 41.0 Å². The molecule has 27 heavy (non-hydrogen) atoms. The molecule has 7 heteroatoms. The zero-order chi connectivity index (χ0) is 19.4. The van der Waals surface area contributed by atoms with Crippen molar-refractivity contribution in [1.29, 1.82) is 0 Å². The van der Waals surface area contributed by atoms with Crippen LogP contribution in [-0.4, -0.2) is 35.6 Å². The van der Waals surface area contributed by atoms with E-state index in [-0.39, 0.29) is 11.8 Å². The van der Waals surface area contributed by atoms with Crippen molar-refractivity contribution in [3.05, 3.63) is 34.8 Å². The van der Waals surface area contributed by atoms with Crippen molar-refractivity contribution in [3.63, 3.8) is 0 Å². The summed E-state index contributed by atoms with van der Waals surface area (Å²) >= 11 is 1.37. The van der Waals surface area contributed by atoms with Crippen molar-refractivity contribution in [3.8, 4) is 16.3 Å². The number of hydrogen-bond donors (Lipinski definition) is 2. The first-order valence-electron chi connectivity index (χ1n) is 9.10. The van der Waals surface area contributed by atoms with E-state index in [0.717, 1.165) is 29.2 Å². The number of ether oxygens (including phenoxy) is 1. The van der Waals surface area contributed by atoms with Gasteiger partial charge in [0.1, 0.15) is 15.6 Å². The fourth-order valence-corrected chi connectivity index (χ4v) is 4.40. The van der Waals surface area contributed by atoms with Crippen molar-refractivity contribution < 1.29 is 19.4 Å². The van der Waals surface area contributed by atoms with Gasteiger partial charge in [-0.05, 0) is 50.7 Å². The predicted molar refractivity (Wildman–Crippen MR) is 104 cm³/mol. The molecule has 1 aromatic heterocycles. The van der Waals surface area contributed by atoms with E-state index >= 15 is 0 Å². The molecule has 2 aromatic rings. The maximum Gasteiger partial charge on any atom is 0.306 e. The molecule has 3 rings (SSSR count). The molecule has 1 heterocycles. The lowest BCUT2D eigenvalue weighted by Gasteiger charge is -2.26. The number of thiazole rings is 1. The largest absolute Gasteiger partial charge is 0.497 e.